The van der Waals surface area contributed by atoms with Gasteiger partial charge in [-0.1, -0.05) is 27.2 Å². The molecule has 0 aromatic heterocycles. The summed E-state index contributed by atoms with van der Waals surface area (Å²) in [6, 6.07) is -0.576. The Morgan fingerprint density at radius 1 is 1.04 bits per heavy atom. The van der Waals surface area contributed by atoms with Crippen LogP contribution in [0.5, 0.6) is 0 Å². The van der Waals surface area contributed by atoms with Crippen molar-refractivity contribution < 1.29 is 43.8 Å². The Morgan fingerprint density at radius 2 is 1.68 bits per heavy atom. The van der Waals surface area contributed by atoms with Crippen molar-refractivity contribution in [2.75, 3.05) is 27.7 Å². The van der Waals surface area contributed by atoms with Gasteiger partial charge in [-0.3, -0.25) is 4.79 Å². The van der Waals surface area contributed by atoms with Crippen molar-refractivity contribution in [2.24, 2.45) is 17.8 Å². The first-order valence-electron chi connectivity index (χ1n) is 18.2. The zero-order valence-corrected chi connectivity index (χ0v) is 31.0. The number of rotatable bonds is 4. The number of hydrogen-bond donors (Lipinski definition) is 3. The molecule has 1 aliphatic carbocycles. The molecular formula is C36H66N2O9. The van der Waals surface area contributed by atoms with E-state index in [1.54, 1.807) is 6.92 Å². The van der Waals surface area contributed by atoms with E-state index in [9.17, 15) is 20.1 Å². The molecule has 3 aliphatic heterocycles. The van der Waals surface area contributed by atoms with Crippen molar-refractivity contribution >= 4 is 5.97 Å². The molecule has 0 radical (unpaired) electrons. The van der Waals surface area contributed by atoms with Crippen LogP contribution in [0, 0.1) is 17.8 Å². The summed E-state index contributed by atoms with van der Waals surface area (Å²) in [7, 11) is 5.85. The molecule has 14 atom stereocenters. The number of carbonyl (C=O) groups excluding carboxylic acids is 1. The number of cyclic esters (lactones) is 1. The molecule has 47 heavy (non-hydrogen) atoms. The summed E-state index contributed by atoms with van der Waals surface area (Å²) in [5, 5.41) is 34.7. The van der Waals surface area contributed by atoms with E-state index in [0.717, 1.165) is 19.3 Å². The van der Waals surface area contributed by atoms with Gasteiger partial charge in [0, 0.05) is 37.4 Å². The van der Waals surface area contributed by atoms with E-state index >= 15 is 0 Å². The number of esters is 1. The van der Waals surface area contributed by atoms with Gasteiger partial charge in [-0.2, -0.15) is 0 Å². The van der Waals surface area contributed by atoms with E-state index in [1.807, 2.05) is 65.6 Å². The van der Waals surface area contributed by atoms with Gasteiger partial charge < -0.3 is 48.8 Å². The largest absolute Gasteiger partial charge is 0.459 e. The van der Waals surface area contributed by atoms with Gasteiger partial charge in [0.25, 0.3) is 0 Å². The van der Waals surface area contributed by atoms with Gasteiger partial charge in [-0.05, 0) is 93.8 Å². The number of nitrogens with zero attached hydrogens (tertiary/aromatic N) is 2. The van der Waals surface area contributed by atoms with Crippen LogP contribution in [0.15, 0.2) is 0 Å². The Hall–Kier alpha value is -0.890. The van der Waals surface area contributed by atoms with Gasteiger partial charge in [0.2, 0.25) is 0 Å². The molecule has 2 bridgehead atoms. The quantitative estimate of drug-likeness (QED) is 0.379. The highest BCUT2D eigenvalue weighted by Gasteiger charge is 2.57. The predicted octanol–water partition coefficient (Wildman–Crippen LogP) is 3.70. The molecule has 4 rings (SSSR count). The van der Waals surface area contributed by atoms with Crippen molar-refractivity contribution in [3.63, 3.8) is 0 Å². The number of hydrogen-bond acceptors (Lipinski definition) is 11. The van der Waals surface area contributed by atoms with Gasteiger partial charge >= 0.3 is 5.97 Å². The minimum absolute atomic E-state index is 0.0770. The average molecular weight is 671 g/mol. The van der Waals surface area contributed by atoms with Gasteiger partial charge in [0.15, 0.2) is 12.1 Å². The van der Waals surface area contributed by atoms with E-state index in [0.29, 0.717) is 38.6 Å². The molecule has 3 heterocycles. The lowest BCUT2D eigenvalue weighted by Gasteiger charge is -2.48. The summed E-state index contributed by atoms with van der Waals surface area (Å²) in [4.78, 5) is 18.1. The van der Waals surface area contributed by atoms with Gasteiger partial charge in [0.1, 0.15) is 23.9 Å². The second kappa shape index (κ2) is 15.2. The minimum atomic E-state index is -1.68. The molecule has 274 valence electrons. The molecular weight excluding hydrogens is 604 g/mol. The number of aliphatic hydroxyl groups is 3. The molecule has 4 aliphatic rings. The fraction of sp³-hybridized carbons (Fsp3) is 0.972. The molecule has 4 fully saturated rings. The number of likely N-dealkylation sites (N-methyl/N-ethyl adjacent to an activating group) is 2. The fourth-order valence-corrected chi connectivity index (χ4v) is 9.02. The van der Waals surface area contributed by atoms with E-state index < -0.39 is 71.7 Å². The summed E-state index contributed by atoms with van der Waals surface area (Å²) in [5.41, 5.74) is -2.56. The van der Waals surface area contributed by atoms with Gasteiger partial charge in [-0.25, -0.2) is 0 Å². The zero-order chi connectivity index (χ0) is 35.1. The first kappa shape index (κ1) is 38.9. The molecule has 0 amide bonds. The average Bonchev–Trinajstić information content (AvgIpc) is 3.07. The highest BCUT2D eigenvalue weighted by atomic mass is 16.7. The third-order valence-corrected chi connectivity index (χ3v) is 11.8. The Morgan fingerprint density at radius 3 is 2.28 bits per heavy atom. The van der Waals surface area contributed by atoms with Crippen LogP contribution >= 0.6 is 0 Å². The SMILES string of the molecule is CC[C@H]1OC(=O)[C@H](C)[C@H]2OC3(CCCCC3)O[C@](C)(C[C@@H](C)CN(C)[C@H](C)[C@@H](O)[C@]1(C)O)[C@H](O[C@@H]1O[C@H](C)C[C@H](N(C)C)[C@H]1O)[C@H]2C. The number of fused-ring (bicyclic) bond motifs is 3. The van der Waals surface area contributed by atoms with Crippen LogP contribution in [-0.2, 0) is 28.5 Å². The van der Waals surface area contributed by atoms with Crippen molar-refractivity contribution in [1.82, 2.24) is 9.80 Å². The fourth-order valence-electron chi connectivity index (χ4n) is 9.02. The molecule has 0 aromatic rings. The van der Waals surface area contributed by atoms with Crippen LogP contribution in [0.1, 0.15) is 107 Å². The second-order valence-corrected chi connectivity index (χ2v) is 16.2. The standard InChI is InChI=1S/C36H66N2O9/c1-12-27-35(8,42)30(40)25(6)38(11)20-21(2)19-34(7)31(45-33-28(39)26(37(9)10)18-22(3)43-33)23(4)29(24(5)32(41)44-27)46-36(47-34)16-14-13-15-17-36/h21-31,33,39-40,42H,12-20H2,1-11H3/t21-,22-,23+,24-,25-,26+,27-,28-,29+,30-,31-,33+,34-,35-/m1/s1. The van der Waals surface area contributed by atoms with Crippen molar-refractivity contribution in [1.29, 1.82) is 0 Å². The lowest BCUT2D eigenvalue weighted by atomic mass is 9.78. The second-order valence-electron chi connectivity index (χ2n) is 16.2. The molecule has 11 nitrogen and oxygen atoms in total. The van der Waals surface area contributed by atoms with Crippen LogP contribution < -0.4 is 0 Å². The maximum absolute atomic E-state index is 14.1. The maximum Gasteiger partial charge on any atom is 0.311 e. The van der Waals surface area contributed by atoms with Crippen LogP contribution in [0.25, 0.3) is 0 Å². The first-order valence-corrected chi connectivity index (χ1v) is 18.2. The number of ether oxygens (including phenoxy) is 5. The molecule has 1 saturated carbocycles. The summed E-state index contributed by atoms with van der Waals surface area (Å²) < 4.78 is 33.7. The Balaban J connectivity index is 1.84. The molecule has 0 aromatic carbocycles. The van der Waals surface area contributed by atoms with E-state index in [2.05, 4.69) is 13.8 Å². The Labute approximate surface area is 283 Å². The monoisotopic (exact) mass is 670 g/mol. The highest BCUT2D eigenvalue weighted by Crippen LogP contribution is 2.49. The van der Waals surface area contributed by atoms with Crippen molar-refractivity contribution in [3.05, 3.63) is 0 Å². The number of carbonyl (C=O) groups is 1. The summed E-state index contributed by atoms with van der Waals surface area (Å²) in [6.07, 6.45) is 0.700. The predicted molar refractivity (Wildman–Crippen MR) is 178 cm³/mol. The van der Waals surface area contributed by atoms with Crippen molar-refractivity contribution in [2.45, 2.75) is 179 Å². The topological polar surface area (TPSA) is 130 Å². The lowest BCUT2D eigenvalue weighted by Crippen LogP contribution is -2.59. The third-order valence-electron chi connectivity index (χ3n) is 11.8. The van der Waals surface area contributed by atoms with Gasteiger partial charge in [-0.15, -0.1) is 0 Å². The molecule has 0 unspecified atom stereocenters. The lowest BCUT2D eigenvalue weighted by molar-refractivity contribution is -0.330. The summed E-state index contributed by atoms with van der Waals surface area (Å²) in [5.74, 6) is -2.44. The molecule has 11 heteroatoms. The summed E-state index contributed by atoms with van der Waals surface area (Å²) >= 11 is 0. The molecule has 3 N–H and O–H groups in total. The summed E-state index contributed by atoms with van der Waals surface area (Å²) in [6.45, 7) is 16.0. The minimum Gasteiger partial charge on any atom is -0.459 e. The van der Waals surface area contributed by atoms with Crippen molar-refractivity contribution in [3.8, 4) is 0 Å². The Kier molecular flexibility index (Phi) is 12.5. The maximum atomic E-state index is 14.1. The normalized spacial score (nSPS) is 47.7. The Bertz CT molecular complexity index is 1040. The van der Waals surface area contributed by atoms with Crippen LogP contribution in [0.2, 0.25) is 0 Å². The third kappa shape index (κ3) is 8.20. The van der Waals surface area contributed by atoms with Gasteiger partial charge in [0.05, 0.1) is 29.8 Å². The van der Waals surface area contributed by atoms with Crippen LogP contribution in [0.3, 0.4) is 0 Å². The van der Waals surface area contributed by atoms with E-state index in [4.69, 9.17) is 23.7 Å². The van der Waals surface area contributed by atoms with Crippen LogP contribution in [-0.4, -0.2) is 131 Å². The first-order chi connectivity index (χ1) is 21.9. The molecule has 1 spiro atoms. The smallest absolute Gasteiger partial charge is 0.311 e. The van der Waals surface area contributed by atoms with E-state index in [-0.39, 0.29) is 24.0 Å². The molecule has 3 saturated heterocycles. The number of aliphatic hydroxyl groups excluding tert-OH is 2. The van der Waals surface area contributed by atoms with Crippen LogP contribution in [0.4, 0.5) is 0 Å². The van der Waals surface area contributed by atoms with E-state index in [1.165, 1.54) is 0 Å². The highest BCUT2D eigenvalue weighted by molar-refractivity contribution is 5.73. The zero-order valence-electron chi connectivity index (χ0n) is 31.0.